The van der Waals surface area contributed by atoms with E-state index < -0.39 is 0 Å². The van der Waals surface area contributed by atoms with Gasteiger partial charge in [0.15, 0.2) is 0 Å². The first-order chi connectivity index (χ1) is 9.84. The summed E-state index contributed by atoms with van der Waals surface area (Å²) in [5.41, 5.74) is 6.70. The topological polar surface area (TPSA) is 12.9 Å². The maximum Gasteiger partial charge on any atom is 0.0309 e. The van der Waals surface area contributed by atoms with Gasteiger partial charge in [-0.3, -0.25) is 4.98 Å². The Hall–Kier alpha value is -1.76. The molecule has 0 bridgehead atoms. The minimum atomic E-state index is 0. The molecular weight excluding hydrogens is 434 g/mol. The van der Waals surface area contributed by atoms with Crippen molar-refractivity contribution in [2.75, 3.05) is 0 Å². The molecule has 0 unspecified atom stereocenters. The molecule has 21 heavy (non-hydrogen) atoms. The molecule has 1 aromatic heterocycles. The number of benzene rings is 2. The average Bonchev–Trinajstić information content (AvgIpc) is 2.87. The van der Waals surface area contributed by atoms with Gasteiger partial charge in [-0.15, -0.1) is 0 Å². The second-order valence-corrected chi connectivity index (χ2v) is 4.91. The van der Waals surface area contributed by atoms with Crippen molar-refractivity contribution in [2.45, 2.75) is 13.3 Å². The van der Waals surface area contributed by atoms with Crippen LogP contribution in [0.25, 0.3) is 11.1 Å². The van der Waals surface area contributed by atoms with Gasteiger partial charge >= 0.3 is 0 Å². The summed E-state index contributed by atoms with van der Waals surface area (Å²) in [6.07, 6.45) is 4.87. The Labute approximate surface area is 139 Å². The number of aromatic nitrogens is 1. The van der Waals surface area contributed by atoms with Crippen LogP contribution in [0.3, 0.4) is 0 Å². The molecule has 0 atom stereocenters. The number of pyridine rings is 1. The zero-order valence-corrected chi connectivity index (χ0v) is 14.2. The zero-order chi connectivity index (χ0) is 13.8. The van der Waals surface area contributed by atoms with Crippen LogP contribution in [0.4, 0.5) is 0 Å². The van der Waals surface area contributed by atoms with Gasteiger partial charge in [-0.05, 0) is 28.3 Å². The summed E-state index contributed by atoms with van der Waals surface area (Å²) in [6.45, 7) is 2.03. The van der Waals surface area contributed by atoms with E-state index in [9.17, 15) is 0 Å². The summed E-state index contributed by atoms with van der Waals surface area (Å²) in [7, 11) is 0. The zero-order valence-electron chi connectivity index (χ0n) is 11.8. The van der Waals surface area contributed by atoms with E-state index in [1.165, 1.54) is 27.8 Å². The molecular formula is C19H16IrN-. The van der Waals surface area contributed by atoms with Crippen LogP contribution in [0.2, 0.25) is 0 Å². The molecule has 0 aliphatic heterocycles. The van der Waals surface area contributed by atoms with Gasteiger partial charge < -0.3 is 0 Å². The molecule has 0 fully saturated rings. The standard InChI is InChI=1S/C12H9N.C7H7.Ir/c1-2-4-11-9(3-1)7-10-8-13-6-5-12(10)11;1-7-5-3-2-4-6-7;/h1-6,8H,7H2;2-5H,1H3;/q;-1;. The van der Waals surface area contributed by atoms with E-state index in [0.717, 1.165) is 6.42 Å². The summed E-state index contributed by atoms with van der Waals surface area (Å²) in [5.74, 6) is 0. The number of aryl methyl sites for hydroxylation is 1. The smallest absolute Gasteiger partial charge is 0.0309 e. The summed E-state index contributed by atoms with van der Waals surface area (Å²) in [6, 6.07) is 21.6. The van der Waals surface area contributed by atoms with E-state index in [4.69, 9.17) is 0 Å². The van der Waals surface area contributed by atoms with Crippen molar-refractivity contribution in [3.63, 3.8) is 0 Å². The maximum absolute atomic E-state index is 4.14. The van der Waals surface area contributed by atoms with Crippen LogP contribution in [-0.4, -0.2) is 4.98 Å². The molecule has 3 aromatic rings. The monoisotopic (exact) mass is 451 g/mol. The SMILES string of the molecule is Cc1[c-]cccc1.[Ir].c1ccc2c(c1)Cc1cnccc1-2. The fourth-order valence-electron chi connectivity index (χ4n) is 2.46. The molecule has 0 saturated carbocycles. The van der Waals surface area contributed by atoms with Crippen molar-refractivity contribution in [3.8, 4) is 11.1 Å². The van der Waals surface area contributed by atoms with E-state index in [2.05, 4.69) is 41.4 Å². The predicted molar refractivity (Wildman–Crippen MR) is 82.5 cm³/mol. The number of hydrogen-bond donors (Lipinski definition) is 0. The van der Waals surface area contributed by atoms with Crippen LogP contribution >= 0.6 is 0 Å². The number of rotatable bonds is 0. The minimum Gasteiger partial charge on any atom is -0.264 e. The molecule has 0 amide bonds. The molecule has 107 valence electrons. The first-order valence-electron chi connectivity index (χ1n) is 6.79. The third-order valence-corrected chi connectivity index (χ3v) is 3.46. The molecule has 1 nitrogen and oxygen atoms in total. The van der Waals surface area contributed by atoms with Crippen molar-refractivity contribution in [1.29, 1.82) is 0 Å². The quantitative estimate of drug-likeness (QED) is 0.361. The van der Waals surface area contributed by atoms with Crippen LogP contribution < -0.4 is 0 Å². The molecule has 2 heteroatoms. The normalized spacial score (nSPS) is 10.5. The molecule has 1 heterocycles. The van der Waals surface area contributed by atoms with Gasteiger partial charge in [0.1, 0.15) is 0 Å². The second kappa shape index (κ2) is 7.31. The number of nitrogens with zero attached hydrogens (tertiary/aromatic N) is 1. The molecule has 0 saturated heterocycles. The van der Waals surface area contributed by atoms with Crippen molar-refractivity contribution in [1.82, 2.24) is 4.98 Å². The Morgan fingerprint density at radius 3 is 2.38 bits per heavy atom. The van der Waals surface area contributed by atoms with Crippen LogP contribution in [-0.2, 0) is 26.5 Å². The average molecular weight is 451 g/mol. The first kappa shape index (κ1) is 15.6. The second-order valence-electron chi connectivity index (χ2n) is 4.91. The molecule has 4 rings (SSSR count). The fraction of sp³-hybridized carbons (Fsp3) is 0.105. The van der Waals surface area contributed by atoms with Crippen molar-refractivity contribution in [3.05, 3.63) is 89.7 Å². The van der Waals surface area contributed by atoms with E-state index in [1.54, 1.807) is 0 Å². The third kappa shape index (κ3) is 3.66. The molecule has 1 aliphatic rings. The molecule has 2 aromatic carbocycles. The van der Waals surface area contributed by atoms with Gasteiger partial charge in [0.05, 0.1) is 0 Å². The van der Waals surface area contributed by atoms with E-state index in [1.807, 2.05) is 43.6 Å². The van der Waals surface area contributed by atoms with E-state index in [-0.39, 0.29) is 20.1 Å². The van der Waals surface area contributed by atoms with Crippen LogP contribution in [0.5, 0.6) is 0 Å². The summed E-state index contributed by atoms with van der Waals surface area (Å²) < 4.78 is 0. The number of hydrogen-bond acceptors (Lipinski definition) is 1. The summed E-state index contributed by atoms with van der Waals surface area (Å²) in [5, 5.41) is 0. The third-order valence-electron chi connectivity index (χ3n) is 3.46. The summed E-state index contributed by atoms with van der Waals surface area (Å²) in [4.78, 5) is 4.14. The molecule has 1 aliphatic carbocycles. The van der Waals surface area contributed by atoms with Gasteiger partial charge in [0.2, 0.25) is 0 Å². The Kier molecular flexibility index (Phi) is 5.44. The first-order valence-corrected chi connectivity index (χ1v) is 6.79. The van der Waals surface area contributed by atoms with E-state index in [0.29, 0.717) is 0 Å². The summed E-state index contributed by atoms with van der Waals surface area (Å²) >= 11 is 0. The van der Waals surface area contributed by atoms with Crippen LogP contribution in [0, 0.1) is 13.0 Å². The Morgan fingerprint density at radius 1 is 0.905 bits per heavy atom. The Bertz CT molecular complexity index is 664. The van der Waals surface area contributed by atoms with Crippen molar-refractivity contribution < 1.29 is 20.1 Å². The van der Waals surface area contributed by atoms with Crippen LogP contribution in [0.15, 0.2) is 67.0 Å². The van der Waals surface area contributed by atoms with Crippen LogP contribution in [0.1, 0.15) is 16.7 Å². The Morgan fingerprint density at radius 2 is 1.67 bits per heavy atom. The van der Waals surface area contributed by atoms with Crippen molar-refractivity contribution >= 4 is 0 Å². The minimum absolute atomic E-state index is 0. The largest absolute Gasteiger partial charge is 0.264 e. The molecule has 0 N–H and O–H groups in total. The van der Waals surface area contributed by atoms with Gasteiger partial charge in [-0.2, -0.15) is 35.9 Å². The number of fused-ring (bicyclic) bond motifs is 3. The van der Waals surface area contributed by atoms with Gasteiger partial charge in [-0.25, -0.2) is 0 Å². The van der Waals surface area contributed by atoms with Gasteiger partial charge in [0, 0.05) is 38.9 Å². The molecule has 0 spiro atoms. The van der Waals surface area contributed by atoms with E-state index >= 15 is 0 Å². The maximum atomic E-state index is 4.14. The molecule has 1 radical (unpaired) electrons. The van der Waals surface area contributed by atoms with Gasteiger partial charge in [0.25, 0.3) is 0 Å². The van der Waals surface area contributed by atoms with Crippen molar-refractivity contribution in [2.24, 2.45) is 0 Å². The van der Waals surface area contributed by atoms with Gasteiger partial charge in [-0.1, -0.05) is 31.2 Å². The fourth-order valence-corrected chi connectivity index (χ4v) is 2.46. The Balaban J connectivity index is 0.000000174. The predicted octanol–water partition coefficient (Wildman–Crippen LogP) is 4.45.